The zero-order valence-electron chi connectivity index (χ0n) is 33.4. The number of azide groups is 1. The Bertz CT molecular complexity index is 1160. The fourth-order valence-electron chi connectivity index (χ4n) is 5.46. The molecule has 28 heteroatoms. The first-order chi connectivity index (χ1) is 25.4. The summed E-state index contributed by atoms with van der Waals surface area (Å²) in [6.45, 7) is 14.5. The van der Waals surface area contributed by atoms with E-state index in [1.54, 1.807) is 20.5 Å². The molecule has 6 radical (unpaired) electrons. The van der Waals surface area contributed by atoms with Crippen molar-refractivity contribution in [3.05, 3.63) is 22.8 Å². The van der Waals surface area contributed by atoms with Gasteiger partial charge in [0, 0.05) is 71.7 Å². The summed E-state index contributed by atoms with van der Waals surface area (Å²) in [5.74, 6) is -0.916. The van der Waals surface area contributed by atoms with Gasteiger partial charge in [-0.15, -0.1) is 9.42 Å². The molecular weight excluding hydrogens is 856 g/mol. The zero-order chi connectivity index (χ0) is 43.1. The van der Waals surface area contributed by atoms with Crippen LogP contribution in [0.15, 0.2) is 5.11 Å². The van der Waals surface area contributed by atoms with E-state index in [1.165, 1.54) is 0 Å². The van der Waals surface area contributed by atoms with Gasteiger partial charge in [-0.25, -0.2) is 22.8 Å². The average molecular weight is 915 g/mol. The van der Waals surface area contributed by atoms with Crippen molar-refractivity contribution in [1.29, 1.82) is 5.59 Å². The van der Waals surface area contributed by atoms with Crippen LogP contribution in [0.2, 0.25) is 0 Å². The molecule has 0 aromatic carbocycles. The summed E-state index contributed by atoms with van der Waals surface area (Å²) in [4.78, 5) is 27.8. The molecule has 328 valence electrons. The molecule has 6 unspecified atom stereocenters. The van der Waals surface area contributed by atoms with Crippen LogP contribution in [0.25, 0.3) is 10.4 Å². The van der Waals surface area contributed by atoms with Crippen molar-refractivity contribution in [1.82, 2.24) is 5.09 Å². The van der Waals surface area contributed by atoms with Crippen LogP contribution in [0, 0.1) is 29.8 Å². The first-order valence-electron chi connectivity index (χ1n) is 16.8. The molecule has 0 aromatic heterocycles. The van der Waals surface area contributed by atoms with Gasteiger partial charge in [-0.1, -0.05) is 59.2 Å². The molecule has 4 aliphatic rings. The van der Waals surface area contributed by atoms with Crippen LogP contribution < -0.4 is 10.8 Å². The molecule has 6 N–H and O–H groups in total. The van der Waals surface area contributed by atoms with Gasteiger partial charge in [-0.2, -0.15) is 4.91 Å². The van der Waals surface area contributed by atoms with Crippen molar-refractivity contribution in [3.63, 3.8) is 0 Å². The summed E-state index contributed by atoms with van der Waals surface area (Å²) in [7, 11) is 10.3. The average Bonchev–Trinajstić information content (AvgIpc) is 3.65. The maximum atomic E-state index is 13.8. The Kier molecular flexibility index (Phi) is 37.6. The standard InChI is InChI=1S/C8H13BFN3O.C7H13BFNO5P2.C7H12BFNO4P.2C2H6.CH3F.CH3.HNO.Ni/c1-3-8(4-12-13-11)5(2)6(10)7(9)14-8;1-16-15-5-4(9)6(8)14-7(5)2-10-17(11,12)13-3-7;1-4-5(9)6(8)14-7(4,2-10)3-13-15(11)12;3*1-2;;1-2;/h5-7H,3-4H2,1-2H3;4-6,16H,2-3H2,1H3,(H2,10,11,12);4-6H,2-3,10H2,1H3;2*1-2H3;1H3;1H3;1H;/q;;;;;;-1;;/p+1/t5-,6?,7-,8+;4?,5-,6-,7-;4-,5?,6-,7-;;;;;;/m111....../s1. The van der Waals surface area contributed by atoms with E-state index in [1.807, 2.05) is 34.6 Å². The second kappa shape index (κ2) is 32.5. The van der Waals surface area contributed by atoms with E-state index in [4.69, 9.17) is 72.8 Å². The molecule has 4 heterocycles. The number of halogens is 4. The first-order valence-corrected chi connectivity index (χ1v) is 20.9. The minimum atomic E-state index is -3.80. The molecule has 4 fully saturated rings. The number of hydrogen-bond acceptors (Lipinski definition) is 12. The molecule has 0 amide bonds. The van der Waals surface area contributed by atoms with Gasteiger partial charge in [0.1, 0.15) is 66.0 Å². The molecule has 0 aromatic rings. The van der Waals surface area contributed by atoms with Gasteiger partial charge >= 0.3 is 16.0 Å². The van der Waals surface area contributed by atoms with Crippen molar-refractivity contribution in [2.24, 2.45) is 22.7 Å². The summed E-state index contributed by atoms with van der Waals surface area (Å²) < 4.78 is 102. The second-order valence-electron chi connectivity index (χ2n) is 11.2. The van der Waals surface area contributed by atoms with E-state index in [-0.39, 0.29) is 71.5 Å². The minimum Gasteiger partial charge on any atom is -0.378 e. The molecule has 4 aliphatic heterocycles. The van der Waals surface area contributed by atoms with Gasteiger partial charge in [-0.3, -0.25) is 8.91 Å². The van der Waals surface area contributed by atoms with Crippen LogP contribution in [0.1, 0.15) is 54.9 Å². The summed E-state index contributed by atoms with van der Waals surface area (Å²) in [6.07, 6.45) is -4.34. The van der Waals surface area contributed by atoms with Gasteiger partial charge in [0.25, 0.3) is 0 Å². The summed E-state index contributed by atoms with van der Waals surface area (Å²) in [6, 6.07) is -3.08. The van der Waals surface area contributed by atoms with E-state index >= 15 is 0 Å². The third-order valence-corrected chi connectivity index (χ3v) is 10.4. The van der Waals surface area contributed by atoms with Crippen LogP contribution in [0.5, 0.6) is 0 Å². The molecule has 56 heavy (non-hydrogen) atoms. The predicted octanol–water partition coefficient (Wildman–Crippen LogP) is 5.13. The van der Waals surface area contributed by atoms with E-state index < -0.39 is 81.4 Å². The van der Waals surface area contributed by atoms with Gasteiger partial charge in [-0.05, 0) is 18.6 Å². The number of alkyl halides is 4. The third kappa shape index (κ3) is 18.1. The summed E-state index contributed by atoms with van der Waals surface area (Å²) >= 11 is 0. The molecule has 0 saturated carbocycles. The predicted molar refractivity (Wildman–Crippen MR) is 207 cm³/mol. The Morgan fingerprint density at radius 3 is 1.80 bits per heavy atom. The topological polar surface area (TPSA) is 258 Å². The molecule has 0 aliphatic carbocycles. The smallest absolute Gasteiger partial charge is 0.378 e. The maximum absolute atomic E-state index is 13.8. The quantitative estimate of drug-likeness (QED) is 0.0294. The number of nitrogens with one attached hydrogen (secondary N) is 2. The van der Waals surface area contributed by atoms with Crippen LogP contribution >= 0.6 is 24.8 Å². The van der Waals surface area contributed by atoms with Gasteiger partial charge in [0.2, 0.25) is 0 Å². The molecule has 4 rings (SSSR count). The molecular formula is C28H58B3F4N6NiO11P3. The first kappa shape index (κ1) is 64.8. The molecule has 4 saturated heterocycles. The van der Waals surface area contributed by atoms with E-state index in [2.05, 4.69) is 25.2 Å². The monoisotopic (exact) mass is 914 g/mol. The van der Waals surface area contributed by atoms with Gasteiger partial charge < -0.3 is 36.8 Å². The SMILES string of the molecule is CC.CC.CF.N=O.[B][C@@H]1O[C@@](CC)(CN=[N+]=[N-])[C@H](C)C1F.[B][C@@H]1O[C@@]2(CNP(=O)(O)OC2)[C@H](OPC)C1F.[B][C@@H]1O[C@](CN)(CO[P+](=O)O)[C@H](C)C1F.[CH3-].[Ni]. The number of ether oxygens (including phenoxy) is 3. The van der Waals surface area contributed by atoms with Crippen molar-refractivity contribution in [2.75, 3.05) is 46.7 Å². The maximum Gasteiger partial charge on any atom is 0.694 e. The van der Waals surface area contributed by atoms with Crippen LogP contribution in [0.3, 0.4) is 0 Å². The Morgan fingerprint density at radius 2 is 1.48 bits per heavy atom. The van der Waals surface area contributed by atoms with E-state index in [9.17, 15) is 26.7 Å². The van der Waals surface area contributed by atoms with Crippen molar-refractivity contribution in [3.8, 4) is 0 Å². The van der Waals surface area contributed by atoms with E-state index in [0.29, 0.717) is 13.6 Å². The molecule has 0 bridgehead atoms. The molecule has 15 atom stereocenters. The second-order valence-corrected chi connectivity index (χ2v) is 14.2. The normalized spacial score (nSPS) is 37.8. The number of rotatable bonds is 9. The largest absolute Gasteiger partial charge is 0.694 e. The van der Waals surface area contributed by atoms with Crippen LogP contribution in [0.4, 0.5) is 17.6 Å². The Balaban J connectivity index is -0.000000210. The van der Waals surface area contributed by atoms with Gasteiger partial charge in [0.15, 0.2) is 0 Å². The third-order valence-electron chi connectivity index (χ3n) is 8.55. The number of hydrogen-bond donors (Lipinski definition) is 5. The van der Waals surface area contributed by atoms with Crippen molar-refractivity contribution in [2.45, 2.75) is 114 Å². The fourth-order valence-corrected chi connectivity index (χ4v) is 7.34. The number of nitrogens with two attached hydrogens (primary N) is 1. The minimum absolute atomic E-state index is 0. The van der Waals surface area contributed by atoms with Crippen molar-refractivity contribution < 1.29 is 80.8 Å². The molecule has 17 nitrogen and oxygen atoms in total. The summed E-state index contributed by atoms with van der Waals surface area (Å²) in [5, 5.41) is 5.73. The summed E-state index contributed by atoms with van der Waals surface area (Å²) in [5.41, 5.74) is 15.2. The van der Waals surface area contributed by atoms with Gasteiger partial charge in [0.05, 0.1) is 31.9 Å². The number of nitrogens with zero attached hydrogens (tertiary/aromatic N) is 3. The van der Waals surface area contributed by atoms with E-state index in [0.717, 1.165) is 0 Å². The van der Waals surface area contributed by atoms with Crippen molar-refractivity contribution >= 4 is 48.3 Å². The Labute approximate surface area is 345 Å². The Hall–Kier alpha value is -0.322. The van der Waals surface area contributed by atoms with Crippen LogP contribution in [-0.4, -0.2) is 139 Å². The fraction of sp³-hybridized carbons (Fsp3) is 0.964. The van der Waals surface area contributed by atoms with Crippen LogP contribution in [-0.2, 0) is 53.4 Å². The Morgan fingerprint density at radius 1 is 1.04 bits per heavy atom. The number of nitroso groups, excluding NO2 is 1. The zero-order valence-corrected chi connectivity index (χ0v) is 37.2. The molecule has 1 spiro atoms.